The van der Waals surface area contributed by atoms with Gasteiger partial charge in [0.1, 0.15) is 18.1 Å². The van der Waals surface area contributed by atoms with Crippen molar-refractivity contribution in [3.63, 3.8) is 0 Å². The van der Waals surface area contributed by atoms with Crippen molar-refractivity contribution in [3.05, 3.63) is 0 Å². The largest absolute Gasteiger partial charge is 0.459 e. The van der Waals surface area contributed by atoms with Crippen LogP contribution in [0.15, 0.2) is 0 Å². The van der Waals surface area contributed by atoms with E-state index in [1.54, 1.807) is 0 Å². The molecule has 3 saturated heterocycles. The third-order valence-electron chi connectivity index (χ3n) is 3.93. The van der Waals surface area contributed by atoms with Crippen LogP contribution in [-0.2, 0) is 14.3 Å². The van der Waals surface area contributed by atoms with Gasteiger partial charge in [-0.15, -0.1) is 0 Å². The van der Waals surface area contributed by atoms with E-state index in [2.05, 4.69) is 19.9 Å². The van der Waals surface area contributed by atoms with Crippen LogP contribution in [0.3, 0.4) is 0 Å². The van der Waals surface area contributed by atoms with Crippen molar-refractivity contribution in [1.82, 2.24) is 0 Å². The quantitative estimate of drug-likeness (QED) is 0.594. The molecular formula is C11H13NO3. The fourth-order valence-corrected chi connectivity index (χ4v) is 3.33. The molecule has 2 bridgehead atoms. The van der Waals surface area contributed by atoms with E-state index in [-0.39, 0.29) is 42.0 Å². The Morgan fingerprint density at radius 3 is 2.67 bits per heavy atom. The lowest BCUT2D eigenvalue weighted by molar-refractivity contribution is -0.144. The molecule has 0 saturated carbocycles. The highest BCUT2D eigenvalue weighted by Crippen LogP contribution is 2.54. The fourth-order valence-electron chi connectivity index (χ4n) is 3.33. The molecule has 4 nitrogen and oxygen atoms in total. The van der Waals surface area contributed by atoms with Crippen molar-refractivity contribution >= 4 is 5.97 Å². The van der Waals surface area contributed by atoms with Gasteiger partial charge in [0.05, 0.1) is 18.1 Å². The second kappa shape index (κ2) is 2.73. The van der Waals surface area contributed by atoms with E-state index >= 15 is 0 Å². The summed E-state index contributed by atoms with van der Waals surface area (Å²) in [6.45, 7) is 4.18. The fraction of sp³-hybridized carbons (Fsp3) is 0.818. The highest BCUT2D eigenvalue weighted by Gasteiger charge is 2.68. The van der Waals surface area contributed by atoms with Gasteiger partial charge in [-0.05, 0) is 5.92 Å². The molecule has 0 aromatic rings. The zero-order chi connectivity index (χ0) is 10.7. The minimum Gasteiger partial charge on any atom is -0.459 e. The lowest BCUT2D eigenvalue weighted by atomic mass is 9.71. The normalized spacial score (nSPS) is 50.9. The van der Waals surface area contributed by atoms with Crippen LogP contribution in [0.2, 0.25) is 0 Å². The zero-order valence-corrected chi connectivity index (χ0v) is 8.71. The second-order valence-electron chi connectivity index (χ2n) is 4.97. The van der Waals surface area contributed by atoms with Crippen molar-refractivity contribution in [3.8, 4) is 6.07 Å². The van der Waals surface area contributed by atoms with Gasteiger partial charge in [-0.1, -0.05) is 13.8 Å². The first kappa shape index (κ1) is 9.17. The van der Waals surface area contributed by atoms with Crippen molar-refractivity contribution in [2.75, 3.05) is 0 Å². The van der Waals surface area contributed by atoms with E-state index in [9.17, 15) is 4.79 Å². The number of esters is 1. The predicted molar refractivity (Wildman–Crippen MR) is 49.5 cm³/mol. The topological polar surface area (TPSA) is 59.3 Å². The van der Waals surface area contributed by atoms with E-state index in [1.807, 2.05) is 0 Å². The van der Waals surface area contributed by atoms with Gasteiger partial charge in [0.2, 0.25) is 0 Å². The molecule has 15 heavy (non-hydrogen) atoms. The highest BCUT2D eigenvalue weighted by atomic mass is 16.6. The molecule has 0 aromatic heterocycles. The molecule has 6 unspecified atom stereocenters. The van der Waals surface area contributed by atoms with Gasteiger partial charge in [0, 0.05) is 5.92 Å². The molecule has 3 aliphatic heterocycles. The first-order chi connectivity index (χ1) is 7.15. The lowest BCUT2D eigenvalue weighted by Gasteiger charge is -2.27. The molecule has 0 N–H and O–H groups in total. The van der Waals surface area contributed by atoms with Crippen molar-refractivity contribution in [2.24, 2.45) is 23.7 Å². The summed E-state index contributed by atoms with van der Waals surface area (Å²) in [5.41, 5.74) is 0. The summed E-state index contributed by atoms with van der Waals surface area (Å²) >= 11 is 0. The number of ether oxygens (including phenoxy) is 2. The van der Waals surface area contributed by atoms with Crippen LogP contribution in [0.4, 0.5) is 0 Å². The first-order valence-corrected chi connectivity index (χ1v) is 5.40. The Balaban J connectivity index is 2.01. The summed E-state index contributed by atoms with van der Waals surface area (Å²) in [5, 5.41) is 9.09. The van der Waals surface area contributed by atoms with Crippen LogP contribution in [0.1, 0.15) is 13.8 Å². The molecule has 0 aliphatic carbocycles. The Labute approximate surface area is 88.2 Å². The third-order valence-corrected chi connectivity index (χ3v) is 3.93. The number of fused-ring (bicyclic) bond motifs is 1. The summed E-state index contributed by atoms with van der Waals surface area (Å²) in [6.07, 6.45) is -0.349. The Morgan fingerprint density at radius 1 is 1.33 bits per heavy atom. The van der Waals surface area contributed by atoms with Crippen molar-refractivity contribution < 1.29 is 14.3 Å². The van der Waals surface area contributed by atoms with Gasteiger partial charge >= 0.3 is 5.97 Å². The molecular weight excluding hydrogens is 194 g/mol. The van der Waals surface area contributed by atoms with Crippen LogP contribution in [0.5, 0.6) is 0 Å². The molecule has 3 rings (SSSR count). The van der Waals surface area contributed by atoms with E-state index in [1.165, 1.54) is 0 Å². The number of hydrogen-bond acceptors (Lipinski definition) is 4. The number of carbonyl (C=O) groups excluding carboxylic acids is 1. The predicted octanol–water partition coefficient (Wildman–Crippen LogP) is 0.721. The highest BCUT2D eigenvalue weighted by molar-refractivity contribution is 5.78. The number of hydrogen-bond donors (Lipinski definition) is 0. The molecule has 0 aromatic carbocycles. The van der Waals surface area contributed by atoms with Crippen molar-refractivity contribution in [2.45, 2.75) is 32.2 Å². The molecule has 3 heterocycles. The summed E-state index contributed by atoms with van der Waals surface area (Å²) in [5.74, 6) is -0.272. The van der Waals surface area contributed by atoms with Crippen LogP contribution >= 0.6 is 0 Å². The maximum atomic E-state index is 11.6. The van der Waals surface area contributed by atoms with Gasteiger partial charge in [-0.2, -0.15) is 5.26 Å². The average Bonchev–Trinajstić information content (AvgIpc) is 2.74. The summed E-state index contributed by atoms with van der Waals surface area (Å²) in [4.78, 5) is 11.6. The van der Waals surface area contributed by atoms with Gasteiger partial charge in [0.15, 0.2) is 0 Å². The van der Waals surface area contributed by atoms with Gasteiger partial charge in [-0.25, -0.2) is 0 Å². The van der Waals surface area contributed by atoms with Crippen molar-refractivity contribution in [1.29, 1.82) is 5.26 Å². The molecule has 80 valence electrons. The smallest absolute Gasteiger partial charge is 0.313 e. The molecule has 0 radical (unpaired) electrons. The molecule has 6 atom stereocenters. The molecule has 0 spiro atoms. The van der Waals surface area contributed by atoms with Crippen LogP contribution in [0.25, 0.3) is 0 Å². The number of carbonyl (C=O) groups is 1. The Bertz CT molecular complexity index is 359. The van der Waals surface area contributed by atoms with Crippen LogP contribution < -0.4 is 0 Å². The minimum absolute atomic E-state index is 0.0959. The molecule has 4 heteroatoms. The average molecular weight is 207 g/mol. The Kier molecular flexibility index (Phi) is 1.67. The van der Waals surface area contributed by atoms with E-state index in [0.717, 1.165) is 0 Å². The minimum atomic E-state index is -0.319. The second-order valence-corrected chi connectivity index (χ2v) is 4.97. The number of rotatable bonds is 1. The van der Waals surface area contributed by atoms with E-state index in [0.29, 0.717) is 5.92 Å². The Hall–Kier alpha value is -1.08. The van der Waals surface area contributed by atoms with Gasteiger partial charge < -0.3 is 9.47 Å². The van der Waals surface area contributed by atoms with Gasteiger partial charge in [-0.3, -0.25) is 4.79 Å². The van der Waals surface area contributed by atoms with Crippen LogP contribution in [0, 0.1) is 35.0 Å². The third kappa shape index (κ3) is 0.920. The summed E-state index contributed by atoms with van der Waals surface area (Å²) < 4.78 is 11.1. The van der Waals surface area contributed by atoms with Crippen LogP contribution in [-0.4, -0.2) is 24.3 Å². The monoisotopic (exact) mass is 207 g/mol. The SMILES string of the molecule is CC(C)C1C2OC3C1OC(=O)C3C2C#N. The first-order valence-electron chi connectivity index (χ1n) is 5.40. The Morgan fingerprint density at radius 2 is 2.07 bits per heavy atom. The molecule has 3 fully saturated rings. The number of nitrogens with zero attached hydrogens (tertiary/aromatic N) is 1. The van der Waals surface area contributed by atoms with Gasteiger partial charge in [0.25, 0.3) is 0 Å². The summed E-state index contributed by atoms with van der Waals surface area (Å²) in [7, 11) is 0. The lowest BCUT2D eigenvalue weighted by Crippen LogP contribution is -2.40. The molecule has 0 amide bonds. The maximum absolute atomic E-state index is 11.6. The summed E-state index contributed by atoms with van der Waals surface area (Å²) in [6, 6.07) is 2.21. The maximum Gasteiger partial charge on any atom is 0.313 e. The molecule has 3 aliphatic rings. The van der Waals surface area contributed by atoms with E-state index in [4.69, 9.17) is 14.7 Å². The zero-order valence-electron chi connectivity index (χ0n) is 8.71. The standard InChI is InChI=1S/C11H13NO3/c1-4(2)6-8-5(3-12)7-10(14-8)9(6)15-11(7)13/h4-10H,1-2H3. The number of nitriles is 1. The van der Waals surface area contributed by atoms with E-state index < -0.39 is 0 Å².